The lowest BCUT2D eigenvalue weighted by Crippen LogP contribution is -2.02. The van der Waals surface area contributed by atoms with Gasteiger partial charge in [-0.1, -0.05) is 11.6 Å². The fraction of sp³-hybridized carbons (Fsp3) is 0.154. The maximum Gasteiger partial charge on any atom is 0.156 e. The van der Waals surface area contributed by atoms with Gasteiger partial charge in [-0.15, -0.1) is 0 Å². The molecule has 0 aliphatic carbocycles. The number of benzene rings is 1. The fourth-order valence-electron chi connectivity index (χ4n) is 1.60. The van der Waals surface area contributed by atoms with E-state index in [1.165, 1.54) is 0 Å². The van der Waals surface area contributed by atoms with E-state index in [9.17, 15) is 0 Å². The van der Waals surface area contributed by atoms with Crippen LogP contribution in [0.3, 0.4) is 0 Å². The molecule has 0 atom stereocenters. The van der Waals surface area contributed by atoms with Crippen molar-refractivity contribution in [1.82, 2.24) is 4.98 Å². The number of hydrogen-bond acceptors (Lipinski definition) is 3. The van der Waals surface area contributed by atoms with E-state index in [4.69, 9.17) is 16.3 Å². The minimum atomic E-state index is 0.653. The fourth-order valence-corrected chi connectivity index (χ4v) is 2.57. The summed E-state index contributed by atoms with van der Waals surface area (Å²) >= 11 is 9.45. The predicted octanol–water partition coefficient (Wildman–Crippen LogP) is 4.12. The summed E-state index contributed by atoms with van der Waals surface area (Å²) in [5, 5.41) is 3.95. The van der Waals surface area contributed by atoms with Gasteiger partial charge in [0.05, 0.1) is 17.3 Å². The topological polar surface area (TPSA) is 34.1 Å². The Kier molecular flexibility index (Phi) is 4.44. The van der Waals surface area contributed by atoms with Crippen molar-refractivity contribution in [2.45, 2.75) is 6.54 Å². The Morgan fingerprint density at radius 1 is 1.33 bits per heavy atom. The maximum absolute atomic E-state index is 6.03. The lowest BCUT2D eigenvalue weighted by atomic mass is 10.2. The number of methoxy groups -OCH3 is 1. The average Bonchev–Trinajstić information content (AvgIpc) is 2.37. The molecule has 18 heavy (non-hydrogen) atoms. The first kappa shape index (κ1) is 13.2. The Morgan fingerprint density at radius 3 is 2.72 bits per heavy atom. The zero-order chi connectivity index (χ0) is 13.0. The Hall–Kier alpha value is -1.26. The van der Waals surface area contributed by atoms with Crippen molar-refractivity contribution in [3.05, 3.63) is 51.7 Å². The van der Waals surface area contributed by atoms with Gasteiger partial charge in [0.2, 0.25) is 0 Å². The second kappa shape index (κ2) is 6.07. The molecule has 1 aromatic heterocycles. The molecule has 1 heterocycles. The number of rotatable bonds is 4. The summed E-state index contributed by atoms with van der Waals surface area (Å²) in [6.07, 6.45) is 3.53. The van der Waals surface area contributed by atoms with Crippen LogP contribution in [-0.2, 0) is 6.54 Å². The van der Waals surface area contributed by atoms with Crippen molar-refractivity contribution < 1.29 is 4.74 Å². The van der Waals surface area contributed by atoms with Gasteiger partial charge in [-0.05, 0) is 45.8 Å². The molecule has 0 unspecified atom stereocenters. The summed E-state index contributed by atoms with van der Waals surface area (Å²) in [6, 6.07) is 7.56. The lowest BCUT2D eigenvalue weighted by molar-refractivity contribution is 0.414. The van der Waals surface area contributed by atoms with Crippen molar-refractivity contribution in [3.8, 4) is 5.75 Å². The molecule has 0 saturated heterocycles. The largest absolute Gasteiger partial charge is 0.493 e. The molecule has 0 saturated carbocycles. The van der Waals surface area contributed by atoms with Gasteiger partial charge in [0.15, 0.2) is 5.75 Å². The predicted molar refractivity (Wildman–Crippen MR) is 77.3 cm³/mol. The van der Waals surface area contributed by atoms with E-state index in [0.717, 1.165) is 21.5 Å². The number of aromatic nitrogens is 1. The van der Waals surface area contributed by atoms with Crippen molar-refractivity contribution in [1.29, 1.82) is 0 Å². The van der Waals surface area contributed by atoms with Gasteiger partial charge in [0, 0.05) is 24.0 Å². The van der Waals surface area contributed by atoms with E-state index in [0.29, 0.717) is 11.6 Å². The normalized spacial score (nSPS) is 10.2. The molecule has 0 spiro atoms. The minimum Gasteiger partial charge on any atom is -0.493 e. The summed E-state index contributed by atoms with van der Waals surface area (Å²) in [5.41, 5.74) is 2.00. The summed E-state index contributed by atoms with van der Waals surface area (Å²) in [5.74, 6) is 0.744. The number of anilines is 1. The summed E-state index contributed by atoms with van der Waals surface area (Å²) in [6.45, 7) is 0.686. The molecule has 0 bridgehead atoms. The lowest BCUT2D eigenvalue weighted by Gasteiger charge is -2.13. The number of pyridine rings is 1. The van der Waals surface area contributed by atoms with Crippen LogP contribution in [0.25, 0.3) is 0 Å². The molecule has 0 aliphatic heterocycles. The van der Waals surface area contributed by atoms with E-state index < -0.39 is 0 Å². The summed E-state index contributed by atoms with van der Waals surface area (Å²) < 4.78 is 6.17. The molecule has 2 aromatic rings. The van der Waals surface area contributed by atoms with Crippen LogP contribution in [0.4, 0.5) is 5.69 Å². The molecular weight excluding hydrogens is 316 g/mol. The number of ether oxygens (including phenoxy) is 1. The van der Waals surface area contributed by atoms with E-state index in [1.807, 2.05) is 18.2 Å². The molecular formula is C13H12BrClN2O. The Balaban J connectivity index is 2.18. The van der Waals surface area contributed by atoms with Crippen LogP contribution in [-0.4, -0.2) is 12.1 Å². The number of nitrogens with zero attached hydrogens (tertiary/aromatic N) is 1. The van der Waals surface area contributed by atoms with Crippen molar-refractivity contribution in [2.75, 3.05) is 12.4 Å². The monoisotopic (exact) mass is 326 g/mol. The highest BCUT2D eigenvalue weighted by Crippen LogP contribution is 2.36. The standard InChI is InChI=1S/C13H12BrClN2O/c1-18-13-11(14)6-10(15)7-12(13)17-8-9-2-4-16-5-3-9/h2-7,17H,8H2,1H3. The SMILES string of the molecule is COc1c(Br)cc(Cl)cc1NCc1ccncc1. The highest BCUT2D eigenvalue weighted by atomic mass is 79.9. The van der Waals surface area contributed by atoms with Crippen LogP contribution in [0.15, 0.2) is 41.1 Å². The molecule has 1 N–H and O–H groups in total. The van der Waals surface area contributed by atoms with Crippen molar-refractivity contribution in [3.63, 3.8) is 0 Å². The van der Waals surface area contributed by atoms with Gasteiger partial charge < -0.3 is 10.1 Å². The highest BCUT2D eigenvalue weighted by molar-refractivity contribution is 9.10. The van der Waals surface area contributed by atoms with Gasteiger partial charge in [-0.25, -0.2) is 0 Å². The van der Waals surface area contributed by atoms with Gasteiger partial charge in [0.25, 0.3) is 0 Å². The summed E-state index contributed by atoms with van der Waals surface area (Å²) in [7, 11) is 1.63. The van der Waals surface area contributed by atoms with Crippen molar-refractivity contribution in [2.24, 2.45) is 0 Å². The van der Waals surface area contributed by atoms with E-state index in [1.54, 1.807) is 25.6 Å². The Morgan fingerprint density at radius 2 is 2.06 bits per heavy atom. The molecule has 0 radical (unpaired) electrons. The van der Waals surface area contributed by atoms with E-state index in [2.05, 4.69) is 26.2 Å². The third-order valence-corrected chi connectivity index (χ3v) is 3.25. The first-order chi connectivity index (χ1) is 8.70. The van der Waals surface area contributed by atoms with Crippen molar-refractivity contribution >= 4 is 33.2 Å². The molecule has 2 rings (SSSR count). The summed E-state index contributed by atoms with van der Waals surface area (Å²) in [4.78, 5) is 3.98. The van der Waals surface area contributed by atoms with Gasteiger partial charge >= 0.3 is 0 Å². The Labute approximate surface area is 119 Å². The average molecular weight is 328 g/mol. The second-order valence-electron chi connectivity index (χ2n) is 3.68. The molecule has 0 amide bonds. The first-order valence-corrected chi connectivity index (χ1v) is 6.53. The number of nitrogens with one attached hydrogen (secondary N) is 1. The van der Waals surface area contributed by atoms with Crippen LogP contribution in [0.5, 0.6) is 5.75 Å². The molecule has 5 heteroatoms. The Bertz CT molecular complexity index is 534. The van der Waals surface area contributed by atoms with Crippen LogP contribution in [0.2, 0.25) is 5.02 Å². The van der Waals surface area contributed by atoms with Crippen LogP contribution >= 0.6 is 27.5 Å². The second-order valence-corrected chi connectivity index (χ2v) is 4.97. The zero-order valence-corrected chi connectivity index (χ0v) is 12.1. The minimum absolute atomic E-state index is 0.653. The van der Waals surface area contributed by atoms with Gasteiger partial charge in [-0.2, -0.15) is 0 Å². The third-order valence-electron chi connectivity index (χ3n) is 2.44. The quantitative estimate of drug-likeness (QED) is 0.917. The molecule has 3 nitrogen and oxygen atoms in total. The van der Waals surface area contributed by atoms with E-state index in [-0.39, 0.29) is 0 Å². The number of hydrogen-bond donors (Lipinski definition) is 1. The van der Waals surface area contributed by atoms with Gasteiger partial charge in [-0.3, -0.25) is 4.98 Å². The molecule has 0 aliphatic rings. The van der Waals surface area contributed by atoms with E-state index >= 15 is 0 Å². The molecule has 1 aromatic carbocycles. The van der Waals surface area contributed by atoms with Crippen LogP contribution in [0, 0.1) is 0 Å². The van der Waals surface area contributed by atoms with Crippen LogP contribution in [0.1, 0.15) is 5.56 Å². The maximum atomic E-state index is 6.03. The van der Waals surface area contributed by atoms with Gasteiger partial charge in [0.1, 0.15) is 0 Å². The first-order valence-electron chi connectivity index (χ1n) is 5.36. The third kappa shape index (κ3) is 3.15. The molecule has 94 valence electrons. The smallest absolute Gasteiger partial charge is 0.156 e. The zero-order valence-electron chi connectivity index (χ0n) is 9.78. The van der Waals surface area contributed by atoms with Crippen LogP contribution < -0.4 is 10.1 Å². The highest BCUT2D eigenvalue weighted by Gasteiger charge is 2.09. The number of halogens is 2. The molecule has 0 fully saturated rings.